The summed E-state index contributed by atoms with van der Waals surface area (Å²) < 4.78 is 17.6. The standard InChI is InChI=1S/C22H21ClN6O4/c1-12-18(26-22(33-12)13-5-4-6-14(23)7-13)11-29-20(24)19(27-28-29)21(30)25-15-8-16(31-2)10-17(9-15)32-3/h4-10H,11,24H2,1-3H3,(H,25,30). The highest BCUT2D eigenvalue weighted by atomic mass is 35.5. The highest BCUT2D eigenvalue weighted by molar-refractivity contribution is 6.30. The van der Waals surface area contributed by atoms with Gasteiger partial charge in [-0.1, -0.05) is 22.9 Å². The molecule has 0 aliphatic rings. The van der Waals surface area contributed by atoms with Crippen LogP contribution in [0.5, 0.6) is 11.5 Å². The van der Waals surface area contributed by atoms with Crippen LogP contribution in [0.4, 0.5) is 11.5 Å². The smallest absolute Gasteiger partial charge is 0.280 e. The van der Waals surface area contributed by atoms with Gasteiger partial charge in [-0.2, -0.15) is 0 Å². The van der Waals surface area contributed by atoms with Gasteiger partial charge in [0.15, 0.2) is 11.5 Å². The fourth-order valence-corrected chi connectivity index (χ4v) is 3.32. The summed E-state index contributed by atoms with van der Waals surface area (Å²) in [6, 6.07) is 12.2. The van der Waals surface area contributed by atoms with Crippen LogP contribution in [0.3, 0.4) is 0 Å². The number of ether oxygens (including phenoxy) is 2. The summed E-state index contributed by atoms with van der Waals surface area (Å²) in [7, 11) is 3.04. The van der Waals surface area contributed by atoms with Gasteiger partial charge in [0.25, 0.3) is 5.91 Å². The molecule has 10 nitrogen and oxygen atoms in total. The van der Waals surface area contributed by atoms with E-state index in [1.54, 1.807) is 37.3 Å². The topological polar surface area (TPSA) is 130 Å². The molecule has 0 saturated heterocycles. The predicted molar refractivity (Wildman–Crippen MR) is 123 cm³/mol. The minimum Gasteiger partial charge on any atom is -0.497 e. The monoisotopic (exact) mass is 468 g/mol. The molecule has 2 aromatic carbocycles. The molecule has 170 valence electrons. The van der Waals surface area contributed by atoms with Gasteiger partial charge in [0.05, 0.1) is 20.8 Å². The Morgan fingerprint density at radius 1 is 1.18 bits per heavy atom. The number of aryl methyl sites for hydroxylation is 1. The van der Waals surface area contributed by atoms with Crippen LogP contribution >= 0.6 is 11.6 Å². The molecule has 4 aromatic rings. The van der Waals surface area contributed by atoms with E-state index in [4.69, 9.17) is 31.2 Å². The van der Waals surface area contributed by atoms with Gasteiger partial charge in [0.1, 0.15) is 23.0 Å². The van der Waals surface area contributed by atoms with Gasteiger partial charge in [-0.3, -0.25) is 4.79 Å². The number of nitrogen functional groups attached to an aromatic ring is 1. The average molecular weight is 469 g/mol. The van der Waals surface area contributed by atoms with Crippen molar-refractivity contribution >= 4 is 29.0 Å². The van der Waals surface area contributed by atoms with E-state index < -0.39 is 5.91 Å². The lowest BCUT2D eigenvalue weighted by molar-refractivity contribution is 0.102. The lowest BCUT2D eigenvalue weighted by Gasteiger charge is -2.09. The summed E-state index contributed by atoms with van der Waals surface area (Å²) in [4.78, 5) is 17.3. The molecule has 2 heterocycles. The molecular formula is C22H21ClN6O4. The Morgan fingerprint density at radius 2 is 1.91 bits per heavy atom. The van der Waals surface area contributed by atoms with Crippen LogP contribution in [-0.2, 0) is 6.54 Å². The number of aromatic nitrogens is 4. The zero-order valence-electron chi connectivity index (χ0n) is 18.1. The van der Waals surface area contributed by atoms with Gasteiger partial charge in [0, 0.05) is 34.5 Å². The van der Waals surface area contributed by atoms with Gasteiger partial charge in [-0.25, -0.2) is 9.67 Å². The van der Waals surface area contributed by atoms with E-state index in [-0.39, 0.29) is 18.1 Å². The van der Waals surface area contributed by atoms with Crippen molar-refractivity contribution in [1.29, 1.82) is 0 Å². The Hall–Kier alpha value is -4.05. The fraction of sp³-hybridized carbons (Fsp3) is 0.182. The normalized spacial score (nSPS) is 10.8. The van der Waals surface area contributed by atoms with Crippen LogP contribution in [0.25, 0.3) is 11.5 Å². The third kappa shape index (κ3) is 4.75. The van der Waals surface area contributed by atoms with Crippen molar-refractivity contribution in [2.24, 2.45) is 0 Å². The van der Waals surface area contributed by atoms with Gasteiger partial charge in [0.2, 0.25) is 5.89 Å². The average Bonchev–Trinajstić information content (AvgIpc) is 3.36. The van der Waals surface area contributed by atoms with Crippen LogP contribution in [0, 0.1) is 6.92 Å². The Balaban J connectivity index is 1.53. The number of oxazole rings is 1. The number of halogens is 1. The number of carbonyl (C=O) groups is 1. The van der Waals surface area contributed by atoms with Crippen molar-refractivity contribution in [2.45, 2.75) is 13.5 Å². The summed E-state index contributed by atoms with van der Waals surface area (Å²) >= 11 is 6.06. The van der Waals surface area contributed by atoms with E-state index >= 15 is 0 Å². The first-order valence-corrected chi connectivity index (χ1v) is 10.2. The van der Waals surface area contributed by atoms with Crippen LogP contribution < -0.4 is 20.5 Å². The molecule has 0 atom stereocenters. The zero-order chi connectivity index (χ0) is 23.5. The second kappa shape index (κ2) is 9.21. The van der Waals surface area contributed by atoms with E-state index in [1.807, 2.05) is 12.1 Å². The number of nitrogens with two attached hydrogens (primary N) is 1. The molecule has 11 heteroatoms. The zero-order valence-corrected chi connectivity index (χ0v) is 18.9. The quantitative estimate of drug-likeness (QED) is 0.419. The van der Waals surface area contributed by atoms with E-state index in [2.05, 4.69) is 20.6 Å². The number of anilines is 2. The van der Waals surface area contributed by atoms with Crippen LogP contribution in [-0.4, -0.2) is 40.1 Å². The van der Waals surface area contributed by atoms with Gasteiger partial charge >= 0.3 is 0 Å². The Labute approximate surface area is 194 Å². The summed E-state index contributed by atoms with van der Waals surface area (Å²) in [5.41, 5.74) is 7.95. The molecule has 3 N–H and O–H groups in total. The molecule has 0 aliphatic carbocycles. The SMILES string of the molecule is COc1cc(NC(=O)c2nnn(Cc3nc(-c4cccc(Cl)c4)oc3C)c2N)cc(OC)c1. The Morgan fingerprint density at radius 3 is 2.58 bits per heavy atom. The second-order valence-electron chi connectivity index (χ2n) is 7.07. The van der Waals surface area contributed by atoms with Crippen molar-refractivity contribution in [3.05, 3.63) is 64.6 Å². The van der Waals surface area contributed by atoms with Gasteiger partial charge in [-0.15, -0.1) is 5.10 Å². The first-order valence-electron chi connectivity index (χ1n) is 9.83. The van der Waals surface area contributed by atoms with E-state index in [0.717, 1.165) is 5.56 Å². The molecule has 0 spiro atoms. The van der Waals surface area contributed by atoms with E-state index in [0.29, 0.717) is 39.6 Å². The molecule has 0 saturated carbocycles. The first kappa shape index (κ1) is 22.2. The number of benzene rings is 2. The van der Waals surface area contributed by atoms with Crippen molar-refractivity contribution in [3.8, 4) is 23.0 Å². The third-order valence-corrected chi connectivity index (χ3v) is 5.10. The number of amides is 1. The Bertz CT molecular complexity index is 1290. The summed E-state index contributed by atoms with van der Waals surface area (Å²) in [6.45, 7) is 1.96. The molecular weight excluding hydrogens is 448 g/mol. The summed E-state index contributed by atoms with van der Waals surface area (Å²) in [5, 5.41) is 11.2. The number of carbonyl (C=O) groups excluding carboxylic acids is 1. The largest absolute Gasteiger partial charge is 0.497 e. The lowest BCUT2D eigenvalue weighted by Crippen LogP contribution is -2.15. The molecule has 33 heavy (non-hydrogen) atoms. The van der Waals surface area contributed by atoms with E-state index in [9.17, 15) is 4.79 Å². The molecule has 0 unspecified atom stereocenters. The van der Waals surface area contributed by atoms with Crippen molar-refractivity contribution in [1.82, 2.24) is 20.0 Å². The number of nitrogens with one attached hydrogen (secondary N) is 1. The molecule has 2 aromatic heterocycles. The predicted octanol–water partition coefficient (Wildman–Crippen LogP) is 3.79. The number of rotatable bonds is 7. The minimum atomic E-state index is -0.523. The van der Waals surface area contributed by atoms with Crippen LogP contribution in [0.15, 0.2) is 46.9 Å². The Kier molecular flexibility index (Phi) is 6.18. The lowest BCUT2D eigenvalue weighted by atomic mass is 10.2. The maximum Gasteiger partial charge on any atom is 0.280 e. The van der Waals surface area contributed by atoms with Crippen molar-refractivity contribution in [2.75, 3.05) is 25.3 Å². The van der Waals surface area contributed by atoms with Crippen molar-refractivity contribution < 1.29 is 18.7 Å². The highest BCUT2D eigenvalue weighted by Gasteiger charge is 2.20. The summed E-state index contributed by atoms with van der Waals surface area (Å²) in [6.07, 6.45) is 0. The summed E-state index contributed by atoms with van der Waals surface area (Å²) in [5.74, 6) is 1.64. The molecule has 1 amide bonds. The molecule has 0 radical (unpaired) electrons. The maximum absolute atomic E-state index is 12.8. The van der Waals surface area contributed by atoms with Gasteiger partial charge < -0.3 is 24.9 Å². The van der Waals surface area contributed by atoms with Crippen molar-refractivity contribution in [3.63, 3.8) is 0 Å². The fourth-order valence-electron chi connectivity index (χ4n) is 3.13. The molecule has 0 bridgehead atoms. The number of nitrogens with zero attached hydrogens (tertiary/aromatic N) is 4. The molecule has 4 rings (SSSR count). The minimum absolute atomic E-state index is 0.0204. The maximum atomic E-state index is 12.8. The van der Waals surface area contributed by atoms with Crippen LogP contribution in [0.1, 0.15) is 21.9 Å². The van der Waals surface area contributed by atoms with E-state index in [1.165, 1.54) is 18.9 Å². The first-order chi connectivity index (χ1) is 15.9. The number of hydrogen-bond donors (Lipinski definition) is 2. The third-order valence-electron chi connectivity index (χ3n) is 4.86. The number of hydrogen-bond acceptors (Lipinski definition) is 8. The highest BCUT2D eigenvalue weighted by Crippen LogP contribution is 2.27. The van der Waals surface area contributed by atoms with Crippen LogP contribution in [0.2, 0.25) is 5.02 Å². The van der Waals surface area contributed by atoms with Gasteiger partial charge in [-0.05, 0) is 25.1 Å². The molecule has 0 fully saturated rings. The molecule has 0 aliphatic heterocycles. The number of methoxy groups -OCH3 is 2. The second-order valence-corrected chi connectivity index (χ2v) is 7.51.